The Kier molecular flexibility index (Phi) is 5.47. The van der Waals surface area contributed by atoms with E-state index in [4.69, 9.17) is 4.74 Å². The Morgan fingerprint density at radius 1 is 1.50 bits per heavy atom. The molecule has 0 aromatic heterocycles. The summed E-state index contributed by atoms with van der Waals surface area (Å²) < 4.78 is 18.6. The van der Waals surface area contributed by atoms with Crippen molar-refractivity contribution in [3.05, 3.63) is 29.6 Å². The number of hydrogen-bond acceptors (Lipinski definition) is 4. The number of carboxylic acids is 1. The maximum atomic E-state index is 13.7. The first-order valence-electron chi connectivity index (χ1n) is 6.28. The first-order chi connectivity index (χ1) is 9.31. The SMILES string of the molecule is COc1ccc(C(C)(NCCN(C)C)C(=O)O)cc1F. The predicted octanol–water partition coefficient (Wildman–Crippen LogP) is 1.29. The Balaban J connectivity index is 3.00. The van der Waals surface area contributed by atoms with Gasteiger partial charge in [-0.05, 0) is 38.7 Å². The number of aliphatic carboxylic acids is 1. The van der Waals surface area contributed by atoms with Gasteiger partial charge in [0.25, 0.3) is 0 Å². The molecule has 0 spiro atoms. The molecule has 1 aromatic rings. The van der Waals surface area contributed by atoms with Crippen LogP contribution in [0.4, 0.5) is 4.39 Å². The number of carbonyl (C=O) groups is 1. The smallest absolute Gasteiger partial charge is 0.328 e. The number of ether oxygens (including phenoxy) is 1. The van der Waals surface area contributed by atoms with E-state index in [0.29, 0.717) is 18.7 Å². The number of likely N-dealkylation sites (N-methyl/N-ethyl adjacent to an activating group) is 1. The van der Waals surface area contributed by atoms with Crippen molar-refractivity contribution in [3.63, 3.8) is 0 Å². The van der Waals surface area contributed by atoms with Crippen molar-refractivity contribution in [1.29, 1.82) is 0 Å². The lowest BCUT2D eigenvalue weighted by Crippen LogP contribution is -2.48. The molecule has 1 rings (SSSR count). The highest BCUT2D eigenvalue weighted by atomic mass is 19.1. The lowest BCUT2D eigenvalue weighted by molar-refractivity contribution is -0.144. The van der Waals surface area contributed by atoms with Gasteiger partial charge in [-0.25, -0.2) is 9.18 Å². The fourth-order valence-electron chi connectivity index (χ4n) is 1.81. The lowest BCUT2D eigenvalue weighted by Gasteiger charge is -2.28. The molecule has 20 heavy (non-hydrogen) atoms. The molecule has 0 aliphatic heterocycles. The van der Waals surface area contributed by atoms with E-state index < -0.39 is 17.3 Å². The van der Waals surface area contributed by atoms with Crippen LogP contribution in [-0.4, -0.2) is 50.3 Å². The molecule has 112 valence electrons. The molecule has 0 fully saturated rings. The molecule has 0 bridgehead atoms. The van der Waals surface area contributed by atoms with Crippen LogP contribution in [-0.2, 0) is 10.3 Å². The number of carboxylic acid groups (broad SMARTS) is 1. The summed E-state index contributed by atoms with van der Waals surface area (Å²) >= 11 is 0. The number of nitrogens with zero attached hydrogens (tertiary/aromatic N) is 1. The lowest BCUT2D eigenvalue weighted by atomic mass is 9.91. The fourth-order valence-corrected chi connectivity index (χ4v) is 1.81. The quantitative estimate of drug-likeness (QED) is 0.790. The summed E-state index contributed by atoms with van der Waals surface area (Å²) in [6.07, 6.45) is 0. The molecule has 0 saturated heterocycles. The van der Waals surface area contributed by atoms with E-state index in [0.717, 1.165) is 0 Å². The third kappa shape index (κ3) is 3.68. The Morgan fingerprint density at radius 2 is 2.15 bits per heavy atom. The first kappa shape index (κ1) is 16.4. The van der Waals surface area contributed by atoms with E-state index in [-0.39, 0.29) is 5.75 Å². The summed E-state index contributed by atoms with van der Waals surface area (Å²) in [6.45, 7) is 2.68. The zero-order valence-electron chi connectivity index (χ0n) is 12.2. The number of rotatable bonds is 7. The van der Waals surface area contributed by atoms with Crippen molar-refractivity contribution < 1.29 is 19.0 Å². The van der Waals surface area contributed by atoms with Crippen LogP contribution in [0.5, 0.6) is 5.75 Å². The number of methoxy groups -OCH3 is 1. The van der Waals surface area contributed by atoms with E-state index in [9.17, 15) is 14.3 Å². The van der Waals surface area contributed by atoms with Crippen molar-refractivity contribution in [2.75, 3.05) is 34.3 Å². The normalized spacial score (nSPS) is 14.1. The minimum absolute atomic E-state index is 0.0924. The Bertz CT molecular complexity index is 479. The second-order valence-electron chi connectivity index (χ2n) is 5.01. The van der Waals surface area contributed by atoms with Crippen molar-refractivity contribution in [2.24, 2.45) is 0 Å². The van der Waals surface area contributed by atoms with Crippen molar-refractivity contribution in [1.82, 2.24) is 10.2 Å². The second-order valence-corrected chi connectivity index (χ2v) is 5.01. The van der Waals surface area contributed by atoms with Gasteiger partial charge in [0, 0.05) is 13.1 Å². The molecule has 1 aromatic carbocycles. The van der Waals surface area contributed by atoms with Crippen LogP contribution in [0, 0.1) is 5.82 Å². The molecule has 0 aliphatic rings. The number of benzene rings is 1. The van der Waals surface area contributed by atoms with Gasteiger partial charge in [0.1, 0.15) is 5.54 Å². The van der Waals surface area contributed by atoms with Gasteiger partial charge in [-0.15, -0.1) is 0 Å². The molecular weight excluding hydrogens is 263 g/mol. The van der Waals surface area contributed by atoms with E-state index in [2.05, 4.69) is 5.32 Å². The molecule has 6 heteroatoms. The van der Waals surface area contributed by atoms with E-state index in [1.807, 2.05) is 19.0 Å². The maximum absolute atomic E-state index is 13.7. The van der Waals surface area contributed by atoms with Gasteiger partial charge in [0.05, 0.1) is 7.11 Å². The van der Waals surface area contributed by atoms with Crippen molar-refractivity contribution in [3.8, 4) is 5.75 Å². The monoisotopic (exact) mass is 284 g/mol. The second kappa shape index (κ2) is 6.67. The minimum Gasteiger partial charge on any atom is -0.494 e. The van der Waals surface area contributed by atoms with Crippen LogP contribution >= 0.6 is 0 Å². The largest absolute Gasteiger partial charge is 0.494 e. The molecule has 2 N–H and O–H groups in total. The topological polar surface area (TPSA) is 61.8 Å². The molecule has 0 saturated carbocycles. The summed E-state index contributed by atoms with van der Waals surface area (Å²) in [4.78, 5) is 13.5. The Hall–Kier alpha value is -1.66. The number of hydrogen-bond donors (Lipinski definition) is 2. The summed E-state index contributed by atoms with van der Waals surface area (Å²) in [5.74, 6) is -1.54. The van der Waals surface area contributed by atoms with Crippen LogP contribution in [0.15, 0.2) is 18.2 Å². The molecule has 1 unspecified atom stereocenters. The standard InChI is InChI=1S/C14H21FN2O3/c1-14(13(18)19,16-7-8-17(2)3)10-5-6-12(20-4)11(15)9-10/h5-6,9,16H,7-8H2,1-4H3,(H,18,19). The zero-order valence-corrected chi connectivity index (χ0v) is 12.2. The third-order valence-corrected chi connectivity index (χ3v) is 3.19. The van der Waals surface area contributed by atoms with Crippen LogP contribution in [0.25, 0.3) is 0 Å². The van der Waals surface area contributed by atoms with Crippen LogP contribution in [0.3, 0.4) is 0 Å². The van der Waals surface area contributed by atoms with Crippen LogP contribution in [0.1, 0.15) is 12.5 Å². The molecule has 0 radical (unpaired) electrons. The minimum atomic E-state index is -1.34. The summed E-state index contributed by atoms with van der Waals surface area (Å²) in [5, 5.41) is 12.4. The van der Waals surface area contributed by atoms with Gasteiger partial charge in [-0.1, -0.05) is 6.07 Å². The van der Waals surface area contributed by atoms with Gasteiger partial charge in [0.2, 0.25) is 0 Å². The molecule has 0 amide bonds. The summed E-state index contributed by atoms with van der Waals surface area (Å²) in [6, 6.07) is 4.17. The summed E-state index contributed by atoms with van der Waals surface area (Å²) in [5.41, 5.74) is -0.995. The average Bonchev–Trinajstić information content (AvgIpc) is 2.37. The molecule has 5 nitrogen and oxygen atoms in total. The van der Waals surface area contributed by atoms with Crippen molar-refractivity contribution in [2.45, 2.75) is 12.5 Å². The zero-order chi connectivity index (χ0) is 15.3. The van der Waals surface area contributed by atoms with E-state index in [1.54, 1.807) is 6.07 Å². The van der Waals surface area contributed by atoms with E-state index in [1.165, 1.54) is 26.2 Å². The molecule has 1 atom stereocenters. The highest BCUT2D eigenvalue weighted by Crippen LogP contribution is 2.26. The number of nitrogens with one attached hydrogen (secondary N) is 1. The molecular formula is C14H21FN2O3. The summed E-state index contributed by atoms with van der Waals surface area (Å²) in [7, 11) is 5.16. The number of halogens is 1. The van der Waals surface area contributed by atoms with Crippen LogP contribution < -0.4 is 10.1 Å². The van der Waals surface area contributed by atoms with Crippen LogP contribution in [0.2, 0.25) is 0 Å². The Labute approximate surface area is 118 Å². The van der Waals surface area contributed by atoms with Gasteiger partial charge in [-0.2, -0.15) is 0 Å². The highest BCUT2D eigenvalue weighted by Gasteiger charge is 2.35. The molecule has 0 heterocycles. The molecule has 0 aliphatic carbocycles. The van der Waals surface area contributed by atoms with Gasteiger partial charge >= 0.3 is 5.97 Å². The Morgan fingerprint density at radius 3 is 2.60 bits per heavy atom. The average molecular weight is 284 g/mol. The maximum Gasteiger partial charge on any atom is 0.328 e. The van der Waals surface area contributed by atoms with Gasteiger partial charge in [0.15, 0.2) is 11.6 Å². The highest BCUT2D eigenvalue weighted by molar-refractivity contribution is 5.80. The third-order valence-electron chi connectivity index (χ3n) is 3.19. The first-order valence-corrected chi connectivity index (χ1v) is 6.28. The van der Waals surface area contributed by atoms with Gasteiger partial charge in [-0.3, -0.25) is 5.32 Å². The predicted molar refractivity (Wildman–Crippen MR) is 74.5 cm³/mol. The van der Waals surface area contributed by atoms with E-state index >= 15 is 0 Å². The fraction of sp³-hybridized carbons (Fsp3) is 0.500. The van der Waals surface area contributed by atoms with Gasteiger partial charge < -0.3 is 14.7 Å². The van der Waals surface area contributed by atoms with Crippen molar-refractivity contribution >= 4 is 5.97 Å².